The van der Waals surface area contributed by atoms with E-state index in [1.54, 1.807) is 6.20 Å². The number of hydrogen-bond acceptors (Lipinski definition) is 2. The molecule has 0 fully saturated rings. The lowest BCUT2D eigenvalue weighted by Crippen LogP contribution is -2.06. The van der Waals surface area contributed by atoms with Gasteiger partial charge in [0.2, 0.25) is 0 Å². The van der Waals surface area contributed by atoms with Crippen LogP contribution in [0.15, 0.2) is 18.3 Å². The van der Waals surface area contributed by atoms with Crippen molar-refractivity contribution in [3.8, 4) is 5.75 Å². The first-order valence-electron chi connectivity index (χ1n) is 4.58. The van der Waals surface area contributed by atoms with Crippen LogP contribution in [0.25, 0.3) is 6.08 Å². The van der Waals surface area contributed by atoms with Crippen molar-refractivity contribution in [2.45, 2.75) is 26.4 Å². The summed E-state index contributed by atoms with van der Waals surface area (Å²) in [5, 5.41) is 0. The van der Waals surface area contributed by atoms with Crippen LogP contribution in [-0.4, -0.2) is 11.1 Å². The fraction of sp³-hybridized carbons (Fsp3) is 0.364. The molecule has 0 aromatic carbocycles. The van der Waals surface area contributed by atoms with E-state index in [0.717, 1.165) is 17.9 Å². The standard InChI is InChI=1S/C11H13NO/c1-8(2)13-10-6-9-4-3-5-11(9)12-7-10/h3-4,6-8H,5H2,1-2H3. The molecule has 0 radical (unpaired) electrons. The van der Waals surface area contributed by atoms with Gasteiger partial charge in [-0.25, -0.2) is 0 Å². The van der Waals surface area contributed by atoms with E-state index in [1.807, 2.05) is 19.9 Å². The maximum Gasteiger partial charge on any atom is 0.138 e. The van der Waals surface area contributed by atoms with E-state index in [-0.39, 0.29) is 6.10 Å². The Morgan fingerprint density at radius 1 is 1.46 bits per heavy atom. The molecule has 0 aliphatic heterocycles. The molecule has 68 valence electrons. The molecule has 1 aliphatic carbocycles. The van der Waals surface area contributed by atoms with Crippen LogP contribution >= 0.6 is 0 Å². The fourth-order valence-electron chi connectivity index (χ4n) is 1.44. The Morgan fingerprint density at radius 2 is 2.31 bits per heavy atom. The molecule has 2 nitrogen and oxygen atoms in total. The molecule has 0 unspecified atom stereocenters. The fourth-order valence-corrected chi connectivity index (χ4v) is 1.44. The first-order chi connectivity index (χ1) is 6.25. The molecule has 0 bridgehead atoms. The Balaban J connectivity index is 2.25. The highest BCUT2D eigenvalue weighted by molar-refractivity contribution is 5.59. The third-order valence-electron chi connectivity index (χ3n) is 1.96. The molecule has 1 heterocycles. The number of ether oxygens (including phenoxy) is 1. The van der Waals surface area contributed by atoms with Gasteiger partial charge in [0, 0.05) is 6.42 Å². The highest BCUT2D eigenvalue weighted by atomic mass is 16.5. The third kappa shape index (κ3) is 1.72. The van der Waals surface area contributed by atoms with E-state index in [1.165, 1.54) is 5.56 Å². The molecule has 1 aliphatic rings. The highest BCUT2D eigenvalue weighted by Gasteiger charge is 2.07. The average Bonchev–Trinajstić information content (AvgIpc) is 2.49. The minimum absolute atomic E-state index is 0.213. The second-order valence-corrected chi connectivity index (χ2v) is 3.48. The molecule has 0 amide bonds. The predicted molar refractivity (Wildman–Crippen MR) is 52.7 cm³/mol. The minimum atomic E-state index is 0.213. The van der Waals surface area contributed by atoms with Crippen molar-refractivity contribution in [1.82, 2.24) is 4.98 Å². The predicted octanol–water partition coefficient (Wildman–Crippen LogP) is 2.44. The molecule has 1 aromatic rings. The van der Waals surface area contributed by atoms with E-state index in [4.69, 9.17) is 4.74 Å². The number of pyridine rings is 1. The van der Waals surface area contributed by atoms with Gasteiger partial charge in [-0.2, -0.15) is 0 Å². The van der Waals surface area contributed by atoms with Crippen LogP contribution in [0.2, 0.25) is 0 Å². The van der Waals surface area contributed by atoms with E-state index >= 15 is 0 Å². The first kappa shape index (κ1) is 8.30. The van der Waals surface area contributed by atoms with Crippen LogP contribution in [-0.2, 0) is 6.42 Å². The number of rotatable bonds is 2. The summed E-state index contributed by atoms with van der Waals surface area (Å²) >= 11 is 0. The van der Waals surface area contributed by atoms with Gasteiger partial charge in [-0.3, -0.25) is 4.98 Å². The zero-order chi connectivity index (χ0) is 9.26. The van der Waals surface area contributed by atoms with Gasteiger partial charge in [0.25, 0.3) is 0 Å². The van der Waals surface area contributed by atoms with E-state index in [2.05, 4.69) is 17.1 Å². The van der Waals surface area contributed by atoms with Crippen molar-refractivity contribution in [2.75, 3.05) is 0 Å². The summed E-state index contributed by atoms with van der Waals surface area (Å²) in [6.07, 6.45) is 7.18. The summed E-state index contributed by atoms with van der Waals surface area (Å²) in [4.78, 5) is 4.32. The molecule has 0 atom stereocenters. The smallest absolute Gasteiger partial charge is 0.138 e. The third-order valence-corrected chi connectivity index (χ3v) is 1.96. The maximum atomic E-state index is 5.54. The maximum absolute atomic E-state index is 5.54. The molecular formula is C11H13NO. The number of nitrogens with zero attached hydrogens (tertiary/aromatic N) is 1. The Morgan fingerprint density at radius 3 is 3.08 bits per heavy atom. The summed E-state index contributed by atoms with van der Waals surface area (Å²) in [6, 6.07) is 2.05. The summed E-state index contributed by atoms with van der Waals surface area (Å²) < 4.78 is 5.54. The molecule has 0 N–H and O–H groups in total. The lowest BCUT2D eigenvalue weighted by Gasteiger charge is -2.09. The second-order valence-electron chi connectivity index (χ2n) is 3.48. The normalized spacial score (nSPS) is 13.5. The van der Waals surface area contributed by atoms with Crippen molar-refractivity contribution in [1.29, 1.82) is 0 Å². The summed E-state index contributed by atoms with van der Waals surface area (Å²) in [5.74, 6) is 0.861. The molecule has 0 saturated carbocycles. The Kier molecular flexibility index (Phi) is 2.05. The van der Waals surface area contributed by atoms with Gasteiger partial charge in [-0.1, -0.05) is 12.2 Å². The minimum Gasteiger partial charge on any atom is -0.489 e. The summed E-state index contributed by atoms with van der Waals surface area (Å²) in [5.41, 5.74) is 2.34. The van der Waals surface area contributed by atoms with E-state index in [0.29, 0.717) is 0 Å². The van der Waals surface area contributed by atoms with Crippen LogP contribution in [0, 0.1) is 0 Å². The van der Waals surface area contributed by atoms with Crippen LogP contribution < -0.4 is 4.74 Å². The second kappa shape index (κ2) is 3.21. The largest absolute Gasteiger partial charge is 0.489 e. The molecule has 1 aromatic heterocycles. The summed E-state index contributed by atoms with van der Waals surface area (Å²) in [7, 11) is 0. The van der Waals surface area contributed by atoms with Gasteiger partial charge >= 0.3 is 0 Å². The van der Waals surface area contributed by atoms with Crippen LogP contribution in [0.1, 0.15) is 25.1 Å². The van der Waals surface area contributed by atoms with Crippen molar-refractivity contribution < 1.29 is 4.74 Å². The van der Waals surface area contributed by atoms with Crippen molar-refractivity contribution in [2.24, 2.45) is 0 Å². The lowest BCUT2D eigenvalue weighted by atomic mass is 10.2. The highest BCUT2D eigenvalue weighted by Crippen LogP contribution is 2.22. The van der Waals surface area contributed by atoms with Crippen molar-refractivity contribution in [3.05, 3.63) is 29.6 Å². The Hall–Kier alpha value is -1.31. The quantitative estimate of drug-likeness (QED) is 0.688. The lowest BCUT2D eigenvalue weighted by molar-refractivity contribution is 0.241. The van der Waals surface area contributed by atoms with Gasteiger partial charge in [0.15, 0.2) is 0 Å². The molecule has 13 heavy (non-hydrogen) atoms. The molecule has 0 saturated heterocycles. The number of fused-ring (bicyclic) bond motifs is 1. The van der Waals surface area contributed by atoms with Gasteiger partial charge in [-0.05, 0) is 25.5 Å². The monoisotopic (exact) mass is 175 g/mol. The number of aromatic nitrogens is 1. The van der Waals surface area contributed by atoms with Gasteiger partial charge in [0.05, 0.1) is 18.0 Å². The number of allylic oxidation sites excluding steroid dienone is 1. The van der Waals surface area contributed by atoms with Crippen LogP contribution in [0.5, 0.6) is 5.75 Å². The molecular weight excluding hydrogens is 162 g/mol. The Labute approximate surface area is 78.3 Å². The van der Waals surface area contributed by atoms with Gasteiger partial charge in [0.1, 0.15) is 5.75 Å². The topological polar surface area (TPSA) is 22.1 Å². The average molecular weight is 175 g/mol. The van der Waals surface area contributed by atoms with Crippen LogP contribution in [0.3, 0.4) is 0 Å². The molecule has 2 heteroatoms. The zero-order valence-corrected chi connectivity index (χ0v) is 7.95. The van der Waals surface area contributed by atoms with E-state index < -0.39 is 0 Å². The molecule has 2 rings (SSSR count). The van der Waals surface area contributed by atoms with Crippen molar-refractivity contribution >= 4 is 6.08 Å². The van der Waals surface area contributed by atoms with Crippen LogP contribution in [0.4, 0.5) is 0 Å². The summed E-state index contributed by atoms with van der Waals surface area (Å²) in [6.45, 7) is 4.03. The molecule has 0 spiro atoms. The first-order valence-corrected chi connectivity index (χ1v) is 4.58. The van der Waals surface area contributed by atoms with E-state index in [9.17, 15) is 0 Å². The Bertz CT molecular complexity index is 342. The van der Waals surface area contributed by atoms with Gasteiger partial charge in [-0.15, -0.1) is 0 Å². The SMILES string of the molecule is CC(C)Oc1cnc2c(c1)C=CC2. The number of hydrogen-bond donors (Lipinski definition) is 0. The van der Waals surface area contributed by atoms with Gasteiger partial charge < -0.3 is 4.74 Å². The zero-order valence-electron chi connectivity index (χ0n) is 7.95. The van der Waals surface area contributed by atoms with Crippen molar-refractivity contribution in [3.63, 3.8) is 0 Å².